The highest BCUT2D eigenvalue weighted by molar-refractivity contribution is 7.98. The summed E-state index contributed by atoms with van der Waals surface area (Å²) in [6.45, 7) is 4.72. The summed E-state index contributed by atoms with van der Waals surface area (Å²) < 4.78 is 13.4. The molecule has 1 aromatic carbocycles. The van der Waals surface area contributed by atoms with Crippen LogP contribution in [0.2, 0.25) is 0 Å². The molecule has 0 aliphatic heterocycles. The van der Waals surface area contributed by atoms with Gasteiger partial charge < -0.3 is 5.73 Å². The Bertz CT molecular complexity index is 398. The van der Waals surface area contributed by atoms with Crippen molar-refractivity contribution < 1.29 is 4.39 Å². The van der Waals surface area contributed by atoms with Crippen molar-refractivity contribution >= 4 is 11.8 Å². The van der Waals surface area contributed by atoms with Crippen LogP contribution in [0.1, 0.15) is 30.5 Å². The number of nitrogens with two attached hydrogens (primary N) is 1. The van der Waals surface area contributed by atoms with E-state index in [1.807, 2.05) is 24.8 Å². The number of benzene rings is 1. The van der Waals surface area contributed by atoms with Gasteiger partial charge in [0.15, 0.2) is 0 Å². The maximum absolute atomic E-state index is 13.4. The van der Waals surface area contributed by atoms with E-state index in [0.717, 1.165) is 23.3 Å². The summed E-state index contributed by atoms with van der Waals surface area (Å²) in [5.41, 5.74) is 8.02. The zero-order valence-electron chi connectivity index (χ0n) is 12.3. The monoisotopic (exact) mass is 284 g/mol. The maximum atomic E-state index is 13.4. The predicted octanol–water partition coefficient (Wildman–Crippen LogP) is 3.21. The number of rotatable bonds is 7. The van der Waals surface area contributed by atoms with Gasteiger partial charge in [-0.05, 0) is 62.6 Å². The van der Waals surface area contributed by atoms with E-state index < -0.39 is 0 Å². The van der Waals surface area contributed by atoms with E-state index in [2.05, 4.69) is 25.1 Å². The lowest BCUT2D eigenvalue weighted by Crippen LogP contribution is -2.37. The standard InChI is InChI=1S/C15H25FN2S/c1-11-5-6-13(16)9-14(11)15(10-17)18(3)12(2)7-8-19-4/h5-6,9,12,15H,7-8,10,17H2,1-4H3. The number of halogens is 1. The van der Waals surface area contributed by atoms with E-state index in [9.17, 15) is 4.39 Å². The Kier molecular flexibility index (Phi) is 6.83. The van der Waals surface area contributed by atoms with Crippen LogP contribution in [0.15, 0.2) is 18.2 Å². The first-order valence-corrected chi connectivity index (χ1v) is 8.07. The fraction of sp³-hybridized carbons (Fsp3) is 0.600. The van der Waals surface area contributed by atoms with Gasteiger partial charge >= 0.3 is 0 Å². The normalized spacial score (nSPS) is 14.7. The zero-order valence-corrected chi connectivity index (χ0v) is 13.1. The van der Waals surface area contributed by atoms with E-state index in [1.54, 1.807) is 6.07 Å². The Morgan fingerprint density at radius 3 is 2.68 bits per heavy atom. The van der Waals surface area contributed by atoms with Gasteiger partial charge in [-0.2, -0.15) is 11.8 Å². The van der Waals surface area contributed by atoms with E-state index in [-0.39, 0.29) is 11.9 Å². The van der Waals surface area contributed by atoms with Gasteiger partial charge in [-0.3, -0.25) is 4.90 Å². The lowest BCUT2D eigenvalue weighted by Gasteiger charge is -2.33. The van der Waals surface area contributed by atoms with Crippen molar-refractivity contribution in [2.24, 2.45) is 5.73 Å². The molecule has 0 heterocycles. The topological polar surface area (TPSA) is 29.3 Å². The maximum Gasteiger partial charge on any atom is 0.123 e. The molecule has 0 spiro atoms. The molecule has 0 bridgehead atoms. The summed E-state index contributed by atoms with van der Waals surface area (Å²) in [4.78, 5) is 2.26. The molecule has 1 aromatic rings. The van der Waals surface area contributed by atoms with Gasteiger partial charge in [0.2, 0.25) is 0 Å². The van der Waals surface area contributed by atoms with Crippen LogP contribution in [0.5, 0.6) is 0 Å². The van der Waals surface area contributed by atoms with E-state index in [0.29, 0.717) is 12.6 Å². The largest absolute Gasteiger partial charge is 0.329 e. The quantitative estimate of drug-likeness (QED) is 0.833. The predicted molar refractivity (Wildman–Crippen MR) is 83.2 cm³/mol. The van der Waals surface area contributed by atoms with Gasteiger partial charge in [-0.1, -0.05) is 6.07 Å². The van der Waals surface area contributed by atoms with Crippen molar-refractivity contribution in [1.82, 2.24) is 4.90 Å². The van der Waals surface area contributed by atoms with Gasteiger partial charge in [-0.15, -0.1) is 0 Å². The van der Waals surface area contributed by atoms with Gasteiger partial charge in [0.25, 0.3) is 0 Å². The first-order valence-electron chi connectivity index (χ1n) is 6.68. The summed E-state index contributed by atoms with van der Waals surface area (Å²) >= 11 is 1.85. The number of aryl methyl sites for hydroxylation is 1. The molecule has 0 saturated carbocycles. The zero-order chi connectivity index (χ0) is 14.4. The van der Waals surface area contributed by atoms with Crippen LogP contribution in [0.3, 0.4) is 0 Å². The molecule has 4 heteroatoms. The number of hydrogen-bond acceptors (Lipinski definition) is 3. The molecule has 2 N–H and O–H groups in total. The van der Waals surface area contributed by atoms with Crippen LogP contribution >= 0.6 is 11.8 Å². The lowest BCUT2D eigenvalue weighted by molar-refractivity contribution is 0.185. The highest BCUT2D eigenvalue weighted by Crippen LogP contribution is 2.25. The second-order valence-electron chi connectivity index (χ2n) is 5.05. The third kappa shape index (κ3) is 4.48. The van der Waals surface area contributed by atoms with Crippen LogP contribution in [0.4, 0.5) is 4.39 Å². The summed E-state index contributed by atoms with van der Waals surface area (Å²) in [7, 11) is 2.08. The molecule has 2 nitrogen and oxygen atoms in total. The Morgan fingerprint density at radius 1 is 1.42 bits per heavy atom. The third-order valence-electron chi connectivity index (χ3n) is 3.75. The number of thioether (sulfide) groups is 1. The molecule has 1 rings (SSSR count). The average Bonchev–Trinajstić information content (AvgIpc) is 2.40. The second-order valence-corrected chi connectivity index (χ2v) is 6.03. The molecular formula is C15H25FN2S. The molecule has 0 amide bonds. The highest BCUT2D eigenvalue weighted by Gasteiger charge is 2.21. The van der Waals surface area contributed by atoms with Gasteiger partial charge in [0.1, 0.15) is 5.82 Å². The van der Waals surface area contributed by atoms with Crippen molar-refractivity contribution in [3.8, 4) is 0 Å². The smallest absolute Gasteiger partial charge is 0.123 e. The molecule has 0 saturated heterocycles. The van der Waals surface area contributed by atoms with Crippen molar-refractivity contribution in [1.29, 1.82) is 0 Å². The van der Waals surface area contributed by atoms with Crippen LogP contribution < -0.4 is 5.73 Å². The minimum absolute atomic E-state index is 0.0764. The fourth-order valence-corrected chi connectivity index (χ4v) is 2.86. The lowest BCUT2D eigenvalue weighted by atomic mass is 9.98. The van der Waals surface area contributed by atoms with Crippen molar-refractivity contribution in [2.45, 2.75) is 32.4 Å². The number of nitrogens with zero attached hydrogens (tertiary/aromatic N) is 1. The van der Waals surface area contributed by atoms with Crippen molar-refractivity contribution in [3.63, 3.8) is 0 Å². The third-order valence-corrected chi connectivity index (χ3v) is 4.39. The minimum Gasteiger partial charge on any atom is -0.329 e. The van der Waals surface area contributed by atoms with Gasteiger partial charge in [-0.25, -0.2) is 4.39 Å². The highest BCUT2D eigenvalue weighted by atomic mass is 32.2. The Hall–Kier alpha value is -0.580. The number of likely N-dealkylation sites (N-methyl/N-ethyl adjacent to an activating group) is 1. The first-order chi connectivity index (χ1) is 9.01. The fourth-order valence-electron chi connectivity index (χ4n) is 2.28. The molecule has 19 heavy (non-hydrogen) atoms. The Morgan fingerprint density at radius 2 is 2.11 bits per heavy atom. The SMILES string of the molecule is CSCCC(C)N(C)C(CN)c1cc(F)ccc1C. The van der Waals surface area contributed by atoms with Crippen LogP contribution in [0.25, 0.3) is 0 Å². The Balaban J connectivity index is 2.89. The molecule has 0 aliphatic carbocycles. The number of hydrogen-bond donors (Lipinski definition) is 1. The van der Waals surface area contributed by atoms with Crippen molar-refractivity contribution in [2.75, 3.05) is 25.6 Å². The molecule has 0 radical (unpaired) electrons. The molecule has 0 aliphatic rings. The second kappa shape index (κ2) is 7.88. The molecule has 2 atom stereocenters. The molecule has 2 unspecified atom stereocenters. The summed E-state index contributed by atoms with van der Waals surface area (Å²) in [5, 5.41) is 0. The van der Waals surface area contributed by atoms with Crippen molar-refractivity contribution in [3.05, 3.63) is 35.1 Å². The Labute approximate surface area is 120 Å². The summed E-state index contributed by atoms with van der Waals surface area (Å²) in [6, 6.07) is 5.46. The minimum atomic E-state index is -0.191. The van der Waals surface area contributed by atoms with Crippen LogP contribution in [0, 0.1) is 12.7 Å². The van der Waals surface area contributed by atoms with Gasteiger partial charge in [0, 0.05) is 18.6 Å². The molecule has 108 valence electrons. The molecule has 0 fully saturated rings. The van der Waals surface area contributed by atoms with Gasteiger partial charge in [0.05, 0.1) is 0 Å². The van der Waals surface area contributed by atoms with E-state index >= 15 is 0 Å². The van der Waals surface area contributed by atoms with Crippen LogP contribution in [-0.2, 0) is 0 Å². The van der Waals surface area contributed by atoms with E-state index in [4.69, 9.17) is 5.73 Å². The first kappa shape index (κ1) is 16.5. The molecule has 0 aromatic heterocycles. The molecular weight excluding hydrogens is 259 g/mol. The van der Waals surface area contributed by atoms with E-state index in [1.165, 1.54) is 6.07 Å². The summed E-state index contributed by atoms with van der Waals surface area (Å²) in [5.74, 6) is 0.939. The average molecular weight is 284 g/mol. The van der Waals surface area contributed by atoms with Crippen LogP contribution in [-0.4, -0.2) is 36.5 Å². The summed E-state index contributed by atoms with van der Waals surface area (Å²) in [6.07, 6.45) is 3.23.